The van der Waals surface area contributed by atoms with E-state index in [9.17, 15) is 9.59 Å². The standard InChI is InChI=1S/C16H29N3O2.ClH/c1-13(17)16(21)19-11-9-18(10-12-19)15(20)8-7-14-5-3-2-4-6-14;/h13-14H,2-12,17H2,1H3;1H/t13-;/m0./s1. The van der Waals surface area contributed by atoms with Crippen LogP contribution >= 0.6 is 12.4 Å². The first-order valence-corrected chi connectivity index (χ1v) is 8.40. The predicted octanol–water partition coefficient (Wildman–Crippen LogP) is 1.79. The molecule has 22 heavy (non-hydrogen) atoms. The molecule has 2 fully saturated rings. The smallest absolute Gasteiger partial charge is 0.239 e. The third-order valence-corrected chi connectivity index (χ3v) is 4.82. The van der Waals surface area contributed by atoms with E-state index in [1.807, 2.05) is 4.90 Å². The lowest BCUT2D eigenvalue weighted by Gasteiger charge is -2.35. The number of carbonyl (C=O) groups excluding carboxylic acids is 2. The van der Waals surface area contributed by atoms with Crippen LogP contribution in [0.25, 0.3) is 0 Å². The van der Waals surface area contributed by atoms with Gasteiger partial charge in [-0.15, -0.1) is 12.4 Å². The lowest BCUT2D eigenvalue weighted by molar-refractivity contribution is -0.140. The van der Waals surface area contributed by atoms with Crippen LogP contribution in [0.15, 0.2) is 0 Å². The zero-order valence-corrected chi connectivity index (χ0v) is 14.4. The van der Waals surface area contributed by atoms with E-state index < -0.39 is 6.04 Å². The molecule has 2 rings (SSSR count). The van der Waals surface area contributed by atoms with E-state index in [2.05, 4.69) is 0 Å². The Morgan fingerprint density at radius 2 is 1.59 bits per heavy atom. The predicted molar refractivity (Wildman–Crippen MR) is 89.9 cm³/mol. The summed E-state index contributed by atoms with van der Waals surface area (Å²) in [5, 5.41) is 0. The van der Waals surface area contributed by atoms with Crippen LogP contribution in [0.3, 0.4) is 0 Å². The van der Waals surface area contributed by atoms with E-state index in [0.29, 0.717) is 32.6 Å². The third-order valence-electron chi connectivity index (χ3n) is 4.82. The molecular formula is C16H30ClN3O2. The molecule has 2 N–H and O–H groups in total. The average molecular weight is 332 g/mol. The summed E-state index contributed by atoms with van der Waals surface area (Å²) in [6.07, 6.45) is 8.32. The molecule has 1 heterocycles. The van der Waals surface area contributed by atoms with Gasteiger partial charge >= 0.3 is 0 Å². The lowest BCUT2D eigenvalue weighted by Crippen LogP contribution is -2.53. The molecule has 1 aliphatic heterocycles. The molecule has 0 aromatic heterocycles. The van der Waals surface area contributed by atoms with Crippen molar-refractivity contribution in [3.05, 3.63) is 0 Å². The van der Waals surface area contributed by atoms with Gasteiger partial charge in [0.2, 0.25) is 11.8 Å². The van der Waals surface area contributed by atoms with E-state index in [1.165, 1.54) is 32.1 Å². The van der Waals surface area contributed by atoms with Crippen LogP contribution in [0.4, 0.5) is 0 Å². The molecule has 2 amide bonds. The Morgan fingerprint density at radius 1 is 1.05 bits per heavy atom. The summed E-state index contributed by atoms with van der Waals surface area (Å²) >= 11 is 0. The quantitative estimate of drug-likeness (QED) is 0.854. The summed E-state index contributed by atoms with van der Waals surface area (Å²) in [6, 6.07) is -0.446. The van der Waals surface area contributed by atoms with Crippen molar-refractivity contribution < 1.29 is 9.59 Å². The summed E-state index contributed by atoms with van der Waals surface area (Å²) in [6.45, 7) is 4.26. The van der Waals surface area contributed by atoms with Crippen LogP contribution in [0.5, 0.6) is 0 Å². The molecule has 0 unspecified atom stereocenters. The molecule has 1 saturated heterocycles. The Morgan fingerprint density at radius 3 is 2.14 bits per heavy atom. The van der Waals surface area contributed by atoms with Crippen molar-refractivity contribution in [1.82, 2.24) is 9.80 Å². The van der Waals surface area contributed by atoms with Crippen LogP contribution in [0, 0.1) is 5.92 Å². The Hall–Kier alpha value is -0.810. The van der Waals surface area contributed by atoms with Crippen LogP contribution in [-0.4, -0.2) is 53.8 Å². The molecule has 0 bridgehead atoms. The van der Waals surface area contributed by atoms with E-state index >= 15 is 0 Å². The van der Waals surface area contributed by atoms with Gasteiger partial charge in [-0.25, -0.2) is 0 Å². The fraction of sp³-hybridized carbons (Fsp3) is 0.875. The maximum absolute atomic E-state index is 12.2. The number of hydrogen-bond donors (Lipinski definition) is 1. The fourth-order valence-corrected chi connectivity index (χ4v) is 3.43. The molecule has 1 aliphatic carbocycles. The van der Waals surface area contributed by atoms with Crippen LogP contribution < -0.4 is 5.73 Å². The summed E-state index contributed by atoms with van der Waals surface area (Å²) in [5.74, 6) is 1.00. The van der Waals surface area contributed by atoms with Gasteiger partial charge in [0, 0.05) is 32.6 Å². The number of rotatable bonds is 4. The minimum Gasteiger partial charge on any atom is -0.339 e. The van der Waals surface area contributed by atoms with Crippen LogP contribution in [0.2, 0.25) is 0 Å². The van der Waals surface area contributed by atoms with Gasteiger partial charge in [0.1, 0.15) is 0 Å². The fourth-order valence-electron chi connectivity index (χ4n) is 3.43. The molecule has 0 aromatic rings. The number of amides is 2. The van der Waals surface area contributed by atoms with Crippen molar-refractivity contribution in [2.24, 2.45) is 11.7 Å². The van der Waals surface area contributed by atoms with Gasteiger partial charge in [0.25, 0.3) is 0 Å². The Kier molecular flexibility index (Phi) is 8.18. The number of nitrogens with two attached hydrogens (primary N) is 1. The molecule has 0 spiro atoms. The molecule has 1 saturated carbocycles. The van der Waals surface area contributed by atoms with Gasteiger partial charge in [-0.3, -0.25) is 9.59 Å². The average Bonchev–Trinajstić information content (AvgIpc) is 2.53. The van der Waals surface area contributed by atoms with Crippen LogP contribution in [-0.2, 0) is 9.59 Å². The maximum atomic E-state index is 12.2. The number of carbonyl (C=O) groups is 2. The SMILES string of the molecule is C[C@H](N)C(=O)N1CCN(C(=O)CCC2CCCCC2)CC1.Cl. The van der Waals surface area contributed by atoms with Gasteiger partial charge in [0.05, 0.1) is 6.04 Å². The van der Waals surface area contributed by atoms with Crippen molar-refractivity contribution in [3.63, 3.8) is 0 Å². The molecule has 6 heteroatoms. The Bertz CT molecular complexity index is 362. The number of halogens is 1. The number of piperazine rings is 1. The van der Waals surface area contributed by atoms with Gasteiger partial charge in [-0.05, 0) is 19.3 Å². The van der Waals surface area contributed by atoms with Gasteiger partial charge in [-0.2, -0.15) is 0 Å². The largest absolute Gasteiger partial charge is 0.339 e. The molecule has 0 radical (unpaired) electrons. The first-order chi connectivity index (χ1) is 10.1. The second-order valence-electron chi connectivity index (χ2n) is 6.54. The zero-order chi connectivity index (χ0) is 15.2. The Balaban J connectivity index is 0.00000242. The monoisotopic (exact) mass is 331 g/mol. The van der Waals surface area contributed by atoms with Crippen molar-refractivity contribution in [2.75, 3.05) is 26.2 Å². The van der Waals surface area contributed by atoms with E-state index in [-0.39, 0.29) is 24.2 Å². The summed E-state index contributed by atoms with van der Waals surface area (Å²) in [4.78, 5) is 27.7. The second-order valence-corrected chi connectivity index (χ2v) is 6.54. The van der Waals surface area contributed by atoms with Gasteiger partial charge in [-0.1, -0.05) is 32.1 Å². The molecule has 0 aromatic carbocycles. The van der Waals surface area contributed by atoms with Crippen molar-refractivity contribution in [1.29, 1.82) is 0 Å². The number of nitrogens with zero attached hydrogens (tertiary/aromatic N) is 2. The zero-order valence-electron chi connectivity index (χ0n) is 13.6. The topological polar surface area (TPSA) is 66.6 Å². The maximum Gasteiger partial charge on any atom is 0.239 e. The molecular weight excluding hydrogens is 302 g/mol. The number of hydrogen-bond acceptors (Lipinski definition) is 3. The highest BCUT2D eigenvalue weighted by atomic mass is 35.5. The van der Waals surface area contributed by atoms with Gasteiger partial charge in [0.15, 0.2) is 0 Å². The normalized spacial score (nSPS) is 21.2. The van der Waals surface area contributed by atoms with E-state index in [4.69, 9.17) is 5.73 Å². The molecule has 5 nitrogen and oxygen atoms in total. The van der Waals surface area contributed by atoms with Crippen LogP contribution in [0.1, 0.15) is 51.9 Å². The van der Waals surface area contributed by atoms with Crippen molar-refractivity contribution in [3.8, 4) is 0 Å². The minimum atomic E-state index is -0.446. The summed E-state index contributed by atoms with van der Waals surface area (Å²) in [7, 11) is 0. The van der Waals surface area contributed by atoms with Crippen molar-refractivity contribution >= 4 is 24.2 Å². The molecule has 128 valence electrons. The second kappa shape index (κ2) is 9.36. The first-order valence-electron chi connectivity index (χ1n) is 8.40. The lowest BCUT2D eigenvalue weighted by atomic mass is 9.86. The summed E-state index contributed by atoms with van der Waals surface area (Å²) < 4.78 is 0. The first kappa shape index (κ1) is 19.2. The molecule has 2 aliphatic rings. The third kappa shape index (κ3) is 5.43. The molecule has 1 atom stereocenters. The van der Waals surface area contributed by atoms with Gasteiger partial charge < -0.3 is 15.5 Å². The highest BCUT2D eigenvalue weighted by Crippen LogP contribution is 2.27. The van der Waals surface area contributed by atoms with E-state index in [1.54, 1.807) is 11.8 Å². The summed E-state index contributed by atoms with van der Waals surface area (Å²) in [5.41, 5.74) is 5.62. The van der Waals surface area contributed by atoms with Crippen molar-refractivity contribution in [2.45, 2.75) is 57.9 Å². The highest BCUT2D eigenvalue weighted by Gasteiger charge is 2.25. The Labute approximate surface area is 140 Å². The minimum absolute atomic E-state index is 0. The highest BCUT2D eigenvalue weighted by molar-refractivity contribution is 5.85. The van der Waals surface area contributed by atoms with E-state index in [0.717, 1.165) is 12.3 Å².